The van der Waals surface area contributed by atoms with Gasteiger partial charge in [0.15, 0.2) is 0 Å². The average molecular weight is 453 g/mol. The van der Waals surface area contributed by atoms with E-state index in [1.165, 1.54) is 12.3 Å². The van der Waals surface area contributed by atoms with E-state index in [-0.39, 0.29) is 45.8 Å². The first kappa shape index (κ1) is 23.5. The van der Waals surface area contributed by atoms with Crippen molar-refractivity contribution < 1.29 is 13.0 Å². The van der Waals surface area contributed by atoms with Crippen molar-refractivity contribution in [3.8, 4) is 17.3 Å². The van der Waals surface area contributed by atoms with Crippen LogP contribution in [0.15, 0.2) is 88.1 Å². The number of nitrogen functional groups attached to an aromatic ring is 1. The summed E-state index contributed by atoms with van der Waals surface area (Å²) in [7, 11) is -4.49. The van der Waals surface area contributed by atoms with Gasteiger partial charge in [-0.05, 0) is 30.3 Å². The number of fused-ring (bicyclic) bond motifs is 1. The van der Waals surface area contributed by atoms with Crippen LogP contribution in [-0.2, 0) is 10.1 Å². The van der Waals surface area contributed by atoms with Crippen LogP contribution in [0, 0.1) is 11.3 Å². The summed E-state index contributed by atoms with van der Waals surface area (Å²) in [4.78, 5) is 4.04. The first-order valence-electron chi connectivity index (χ1n) is 9.04. The van der Waals surface area contributed by atoms with Crippen LogP contribution in [0.4, 0.5) is 17.1 Å². The van der Waals surface area contributed by atoms with Gasteiger partial charge in [-0.3, -0.25) is 9.54 Å². The first-order chi connectivity index (χ1) is 14.9. The van der Waals surface area contributed by atoms with E-state index in [1.54, 1.807) is 54.6 Å². The van der Waals surface area contributed by atoms with Crippen molar-refractivity contribution in [2.24, 2.45) is 10.2 Å². The van der Waals surface area contributed by atoms with Crippen LogP contribution >= 0.6 is 0 Å². The Kier molecular flexibility index (Phi) is 7.03. The maximum atomic E-state index is 11.8. The van der Waals surface area contributed by atoms with Gasteiger partial charge in [-0.15, -0.1) is 10.2 Å². The zero-order chi connectivity index (χ0) is 22.0. The van der Waals surface area contributed by atoms with Gasteiger partial charge in [0.05, 0.1) is 29.2 Å². The van der Waals surface area contributed by atoms with Gasteiger partial charge in [-0.2, -0.15) is 13.7 Å². The minimum absolute atomic E-state index is 0. The van der Waals surface area contributed by atoms with Crippen LogP contribution in [-0.4, -0.2) is 47.5 Å². The molecule has 0 fully saturated rings. The molecule has 0 saturated heterocycles. The van der Waals surface area contributed by atoms with E-state index >= 15 is 0 Å². The molecule has 0 aliphatic rings. The molecular formula is C22H16N5NaO3S. The number of hydrogen-bond donors (Lipinski definition) is 2. The van der Waals surface area contributed by atoms with Crippen molar-refractivity contribution in [1.82, 2.24) is 4.98 Å². The van der Waals surface area contributed by atoms with E-state index < -0.39 is 10.1 Å². The Morgan fingerprint density at radius 2 is 1.72 bits per heavy atom. The SMILES string of the molecule is N#Cc1cccc(-c2ccc(N=Nc3cc(S(=O)(=O)O)c4ccccc4c3N)cn2)c1.[NaH]. The van der Waals surface area contributed by atoms with Crippen molar-refractivity contribution in [3.05, 3.63) is 78.5 Å². The fourth-order valence-corrected chi connectivity index (χ4v) is 3.84. The predicted molar refractivity (Wildman–Crippen MR) is 124 cm³/mol. The molecular weight excluding hydrogens is 437 g/mol. The number of benzene rings is 3. The van der Waals surface area contributed by atoms with Gasteiger partial charge in [0, 0.05) is 16.3 Å². The number of nitriles is 1. The van der Waals surface area contributed by atoms with Crippen LogP contribution in [0.1, 0.15) is 5.56 Å². The van der Waals surface area contributed by atoms with E-state index in [4.69, 9.17) is 11.0 Å². The number of nitrogens with zero attached hydrogens (tertiary/aromatic N) is 4. The number of rotatable bonds is 4. The van der Waals surface area contributed by atoms with E-state index in [9.17, 15) is 13.0 Å². The Bertz CT molecular complexity index is 1480. The normalized spacial score (nSPS) is 11.2. The minimum atomic E-state index is -4.49. The van der Waals surface area contributed by atoms with Crippen LogP contribution in [0.2, 0.25) is 0 Å². The molecule has 0 saturated carbocycles. The number of pyridine rings is 1. The standard InChI is InChI=1S/C22H15N5O3S.Na.H/c23-12-14-4-3-5-15(10-14)19-9-8-16(13-25-19)26-27-20-11-21(31(28,29)30)17-6-1-2-7-18(17)22(20)24;;/h1-11,13H,24H2,(H,28,29,30);;. The second kappa shape index (κ2) is 9.56. The Hall–Kier alpha value is -3.13. The molecule has 0 radical (unpaired) electrons. The van der Waals surface area contributed by atoms with E-state index in [0.717, 1.165) is 5.56 Å². The molecule has 4 aromatic rings. The van der Waals surface area contributed by atoms with Crippen LogP contribution in [0.5, 0.6) is 0 Å². The summed E-state index contributed by atoms with van der Waals surface area (Å²) in [6.45, 7) is 0. The Balaban J connectivity index is 0.00000289. The van der Waals surface area contributed by atoms with Gasteiger partial charge < -0.3 is 5.73 Å². The molecule has 0 spiro atoms. The fourth-order valence-electron chi connectivity index (χ4n) is 3.12. The predicted octanol–water partition coefficient (Wildman–Crippen LogP) is 4.37. The van der Waals surface area contributed by atoms with Crippen molar-refractivity contribution in [1.29, 1.82) is 5.26 Å². The summed E-state index contributed by atoms with van der Waals surface area (Å²) in [5.41, 5.74) is 8.90. The molecule has 10 heteroatoms. The molecule has 4 rings (SSSR count). The molecule has 0 aliphatic heterocycles. The Morgan fingerprint density at radius 3 is 2.38 bits per heavy atom. The second-order valence-corrected chi connectivity index (χ2v) is 8.01. The number of hydrogen-bond acceptors (Lipinski definition) is 7. The number of anilines is 1. The van der Waals surface area contributed by atoms with Crippen molar-refractivity contribution in [2.75, 3.05) is 5.73 Å². The molecule has 1 aromatic heterocycles. The molecule has 3 aromatic carbocycles. The summed E-state index contributed by atoms with van der Waals surface area (Å²) in [6.07, 6.45) is 1.50. The number of aromatic nitrogens is 1. The summed E-state index contributed by atoms with van der Waals surface area (Å²) in [6, 6.07) is 20.3. The molecule has 0 unspecified atom stereocenters. The molecule has 8 nitrogen and oxygen atoms in total. The third-order valence-electron chi connectivity index (χ3n) is 4.61. The fraction of sp³-hybridized carbons (Fsp3) is 0. The topological polar surface area (TPSA) is 142 Å². The Morgan fingerprint density at radius 1 is 0.969 bits per heavy atom. The molecule has 0 atom stereocenters. The summed E-state index contributed by atoms with van der Waals surface area (Å²) < 4.78 is 33.2. The summed E-state index contributed by atoms with van der Waals surface area (Å²) in [5, 5.41) is 17.9. The average Bonchev–Trinajstić information content (AvgIpc) is 2.78. The van der Waals surface area contributed by atoms with Gasteiger partial charge in [0.1, 0.15) is 16.3 Å². The van der Waals surface area contributed by atoms with Gasteiger partial charge >= 0.3 is 29.6 Å². The van der Waals surface area contributed by atoms with Gasteiger partial charge in [0.25, 0.3) is 10.1 Å². The van der Waals surface area contributed by atoms with E-state index in [0.29, 0.717) is 27.7 Å². The van der Waals surface area contributed by atoms with Crippen LogP contribution in [0.25, 0.3) is 22.0 Å². The van der Waals surface area contributed by atoms with Gasteiger partial charge in [-0.25, -0.2) is 0 Å². The molecule has 0 aliphatic carbocycles. The van der Waals surface area contributed by atoms with E-state index in [1.807, 2.05) is 6.07 Å². The molecule has 1 heterocycles. The van der Waals surface area contributed by atoms with E-state index in [2.05, 4.69) is 21.3 Å². The summed E-state index contributed by atoms with van der Waals surface area (Å²) in [5.74, 6) is 0. The van der Waals surface area contributed by atoms with Crippen molar-refractivity contribution >= 4 is 67.5 Å². The second-order valence-electron chi connectivity index (χ2n) is 6.62. The molecule has 0 amide bonds. The molecule has 32 heavy (non-hydrogen) atoms. The third kappa shape index (κ3) is 4.85. The molecule has 154 valence electrons. The van der Waals surface area contributed by atoms with Gasteiger partial charge in [0.2, 0.25) is 0 Å². The van der Waals surface area contributed by atoms with Crippen molar-refractivity contribution in [3.63, 3.8) is 0 Å². The summed E-state index contributed by atoms with van der Waals surface area (Å²) >= 11 is 0. The van der Waals surface area contributed by atoms with Gasteiger partial charge in [-0.1, -0.05) is 36.4 Å². The zero-order valence-corrected chi connectivity index (χ0v) is 16.8. The maximum absolute atomic E-state index is 11.8. The molecule has 3 N–H and O–H groups in total. The monoisotopic (exact) mass is 453 g/mol. The number of nitrogens with two attached hydrogens (primary N) is 1. The molecule has 0 bridgehead atoms. The zero-order valence-electron chi connectivity index (χ0n) is 16.0. The van der Waals surface area contributed by atoms with Crippen LogP contribution < -0.4 is 5.73 Å². The number of azo groups is 1. The third-order valence-corrected chi connectivity index (χ3v) is 5.51. The van der Waals surface area contributed by atoms with Crippen molar-refractivity contribution in [2.45, 2.75) is 4.90 Å². The Labute approximate surface area is 206 Å². The van der Waals surface area contributed by atoms with Crippen LogP contribution in [0.3, 0.4) is 0 Å². The quantitative estimate of drug-likeness (QED) is 0.203. The first-order valence-corrected chi connectivity index (χ1v) is 10.5.